The Labute approximate surface area is 90.2 Å². The van der Waals surface area contributed by atoms with Crippen LogP contribution in [0.5, 0.6) is 0 Å². The Hall–Kier alpha value is -1.49. The minimum atomic E-state index is -0.881. The summed E-state index contributed by atoms with van der Waals surface area (Å²) in [6.45, 7) is 1.84. The highest BCUT2D eigenvalue weighted by Crippen LogP contribution is 2.14. The summed E-state index contributed by atoms with van der Waals surface area (Å²) >= 11 is 5.02. The van der Waals surface area contributed by atoms with Crippen LogP contribution < -0.4 is 0 Å². The number of benzene rings is 1. The molecule has 0 aliphatic carbocycles. The van der Waals surface area contributed by atoms with Crippen LogP contribution in [0, 0.1) is 23.3 Å². The molecule has 2 rings (SSSR count). The Morgan fingerprint density at radius 3 is 2.53 bits per heavy atom. The molecule has 1 aromatic heterocycles. The normalized spacial score (nSPS) is 10.6. The number of aryl methyl sites for hydroxylation is 1. The van der Waals surface area contributed by atoms with Gasteiger partial charge in [0.1, 0.15) is 0 Å². The lowest BCUT2D eigenvalue weighted by Gasteiger charge is -2.02. The van der Waals surface area contributed by atoms with E-state index in [0.717, 1.165) is 17.8 Å². The number of H-pyrrole nitrogens is 1. The quantitative estimate of drug-likeness (QED) is 0.741. The van der Waals surface area contributed by atoms with Gasteiger partial charge in [0.2, 0.25) is 0 Å². The first kappa shape index (κ1) is 10.0. The van der Waals surface area contributed by atoms with Gasteiger partial charge in [0.15, 0.2) is 16.4 Å². The van der Waals surface area contributed by atoms with Crippen LogP contribution in [-0.4, -0.2) is 9.55 Å². The highest BCUT2D eigenvalue weighted by atomic mass is 32.1. The van der Waals surface area contributed by atoms with Crippen molar-refractivity contribution in [1.29, 1.82) is 0 Å². The van der Waals surface area contributed by atoms with Crippen molar-refractivity contribution in [1.82, 2.24) is 9.55 Å². The molecular weight excluding hydrogens is 218 g/mol. The summed E-state index contributed by atoms with van der Waals surface area (Å²) < 4.78 is 27.7. The standard InChI is InChI=1S/C10H8F2N2S/c1-6-5-14(10(15)13-6)7-2-3-8(11)9(12)4-7/h2-5H,1H3,(H,13,15). The monoisotopic (exact) mass is 226 g/mol. The van der Waals surface area contributed by atoms with Crippen molar-refractivity contribution in [2.75, 3.05) is 0 Å². The van der Waals surface area contributed by atoms with Gasteiger partial charge >= 0.3 is 0 Å². The van der Waals surface area contributed by atoms with Gasteiger partial charge in [-0.25, -0.2) is 8.78 Å². The molecule has 0 spiro atoms. The molecule has 0 saturated heterocycles. The zero-order valence-electron chi connectivity index (χ0n) is 7.92. The third-order valence-corrected chi connectivity index (χ3v) is 2.33. The molecule has 15 heavy (non-hydrogen) atoms. The number of rotatable bonds is 1. The molecule has 0 saturated carbocycles. The van der Waals surface area contributed by atoms with E-state index in [1.165, 1.54) is 6.07 Å². The summed E-state index contributed by atoms with van der Waals surface area (Å²) in [5.74, 6) is -1.74. The molecule has 0 fully saturated rings. The molecule has 1 N–H and O–H groups in total. The minimum absolute atomic E-state index is 0.457. The van der Waals surface area contributed by atoms with Crippen LogP contribution in [0.1, 0.15) is 5.69 Å². The van der Waals surface area contributed by atoms with Crippen LogP contribution in [0.25, 0.3) is 5.69 Å². The van der Waals surface area contributed by atoms with Gasteiger partial charge in [0.25, 0.3) is 0 Å². The fourth-order valence-corrected chi connectivity index (χ4v) is 1.66. The molecule has 0 bridgehead atoms. The maximum Gasteiger partial charge on any atom is 0.181 e. The van der Waals surface area contributed by atoms with E-state index in [-0.39, 0.29) is 0 Å². The predicted octanol–water partition coefficient (Wildman–Crippen LogP) is 3.12. The van der Waals surface area contributed by atoms with E-state index in [9.17, 15) is 8.78 Å². The third kappa shape index (κ3) is 1.83. The van der Waals surface area contributed by atoms with Gasteiger partial charge in [0.05, 0.1) is 5.69 Å². The first-order valence-electron chi connectivity index (χ1n) is 4.31. The zero-order chi connectivity index (χ0) is 11.0. The highest BCUT2D eigenvalue weighted by Gasteiger charge is 2.05. The zero-order valence-corrected chi connectivity index (χ0v) is 8.74. The number of nitrogens with zero attached hydrogens (tertiary/aromatic N) is 1. The smallest absolute Gasteiger partial charge is 0.181 e. The third-order valence-electron chi connectivity index (χ3n) is 2.03. The summed E-state index contributed by atoms with van der Waals surface area (Å²) in [5, 5.41) is 0. The van der Waals surface area contributed by atoms with Crippen molar-refractivity contribution in [3.63, 3.8) is 0 Å². The van der Waals surface area contributed by atoms with Crippen LogP contribution in [-0.2, 0) is 0 Å². The molecular formula is C10H8F2N2S. The first-order chi connectivity index (χ1) is 7.08. The molecule has 5 heteroatoms. The molecule has 2 nitrogen and oxygen atoms in total. The second kappa shape index (κ2) is 3.58. The van der Waals surface area contributed by atoms with Crippen LogP contribution in [0.4, 0.5) is 8.78 Å². The van der Waals surface area contributed by atoms with Crippen molar-refractivity contribution < 1.29 is 8.78 Å². The number of imidazole rings is 1. The molecule has 1 heterocycles. The van der Waals surface area contributed by atoms with Crippen LogP contribution >= 0.6 is 12.2 Å². The van der Waals surface area contributed by atoms with E-state index < -0.39 is 11.6 Å². The van der Waals surface area contributed by atoms with Gasteiger partial charge in [-0.3, -0.25) is 4.57 Å². The summed E-state index contributed by atoms with van der Waals surface area (Å²) in [6, 6.07) is 3.66. The fourth-order valence-electron chi connectivity index (χ4n) is 1.34. The van der Waals surface area contributed by atoms with E-state index in [1.54, 1.807) is 10.8 Å². The van der Waals surface area contributed by atoms with E-state index in [4.69, 9.17) is 12.2 Å². The van der Waals surface area contributed by atoms with Crippen molar-refractivity contribution in [3.05, 3.63) is 46.5 Å². The number of aromatic amines is 1. The Bertz CT molecular complexity index is 557. The number of hydrogen-bond donors (Lipinski definition) is 1. The second-order valence-electron chi connectivity index (χ2n) is 3.21. The summed E-state index contributed by atoms with van der Waals surface area (Å²) in [4.78, 5) is 2.90. The van der Waals surface area contributed by atoms with Gasteiger partial charge in [-0.05, 0) is 31.3 Å². The van der Waals surface area contributed by atoms with Crippen LogP contribution in [0.15, 0.2) is 24.4 Å². The molecule has 0 radical (unpaired) electrons. The van der Waals surface area contributed by atoms with Crippen molar-refractivity contribution in [3.8, 4) is 5.69 Å². The topological polar surface area (TPSA) is 20.7 Å². The first-order valence-corrected chi connectivity index (χ1v) is 4.72. The predicted molar refractivity (Wildman–Crippen MR) is 55.6 cm³/mol. The van der Waals surface area contributed by atoms with Gasteiger partial charge in [-0.2, -0.15) is 0 Å². The summed E-state index contributed by atoms with van der Waals surface area (Å²) in [7, 11) is 0. The van der Waals surface area contributed by atoms with Gasteiger partial charge in [-0.15, -0.1) is 0 Å². The van der Waals surface area contributed by atoms with Gasteiger partial charge < -0.3 is 4.98 Å². The van der Waals surface area contributed by atoms with Crippen molar-refractivity contribution in [2.45, 2.75) is 6.92 Å². The Morgan fingerprint density at radius 1 is 1.27 bits per heavy atom. The lowest BCUT2D eigenvalue weighted by molar-refractivity contribution is 0.508. The number of nitrogens with one attached hydrogen (secondary N) is 1. The number of aromatic nitrogens is 2. The average Bonchev–Trinajstić information content (AvgIpc) is 2.50. The molecule has 0 aliphatic rings. The summed E-state index contributed by atoms with van der Waals surface area (Å²) in [5.41, 5.74) is 1.37. The van der Waals surface area contributed by atoms with Crippen molar-refractivity contribution in [2.24, 2.45) is 0 Å². The van der Waals surface area contributed by atoms with E-state index in [2.05, 4.69) is 4.98 Å². The van der Waals surface area contributed by atoms with Crippen molar-refractivity contribution >= 4 is 12.2 Å². The Balaban J connectivity index is 2.59. The second-order valence-corrected chi connectivity index (χ2v) is 3.60. The average molecular weight is 226 g/mol. The maximum absolute atomic E-state index is 13.0. The fraction of sp³-hybridized carbons (Fsp3) is 0.100. The SMILES string of the molecule is Cc1cn(-c2ccc(F)c(F)c2)c(=S)[nH]1. The van der Waals surface area contributed by atoms with Crippen LogP contribution in [0.3, 0.4) is 0 Å². The van der Waals surface area contributed by atoms with Gasteiger partial charge in [0, 0.05) is 18.0 Å². The highest BCUT2D eigenvalue weighted by molar-refractivity contribution is 7.71. The summed E-state index contributed by atoms with van der Waals surface area (Å²) in [6.07, 6.45) is 1.73. The van der Waals surface area contributed by atoms with E-state index in [0.29, 0.717) is 10.5 Å². The Kier molecular flexibility index (Phi) is 2.40. The maximum atomic E-state index is 13.0. The minimum Gasteiger partial charge on any atom is -0.335 e. The van der Waals surface area contributed by atoms with Gasteiger partial charge in [-0.1, -0.05) is 0 Å². The van der Waals surface area contributed by atoms with E-state index >= 15 is 0 Å². The van der Waals surface area contributed by atoms with Crippen LogP contribution in [0.2, 0.25) is 0 Å². The molecule has 0 unspecified atom stereocenters. The Morgan fingerprint density at radius 2 is 2.00 bits per heavy atom. The number of hydrogen-bond acceptors (Lipinski definition) is 1. The molecule has 1 aromatic carbocycles. The lowest BCUT2D eigenvalue weighted by Crippen LogP contribution is -1.94. The molecule has 2 aromatic rings. The van der Waals surface area contributed by atoms with E-state index in [1.807, 2.05) is 6.92 Å². The molecule has 0 aliphatic heterocycles. The molecule has 0 atom stereocenters. The molecule has 78 valence electrons. The number of halogens is 2. The molecule has 0 amide bonds. The lowest BCUT2D eigenvalue weighted by atomic mass is 10.3. The largest absolute Gasteiger partial charge is 0.335 e.